The van der Waals surface area contributed by atoms with Gasteiger partial charge in [0.05, 0.1) is 12.8 Å². The van der Waals surface area contributed by atoms with Gasteiger partial charge in [-0.3, -0.25) is 24.0 Å². The van der Waals surface area contributed by atoms with Crippen LogP contribution in [0, 0.1) is 11.8 Å². The van der Waals surface area contributed by atoms with Crippen molar-refractivity contribution in [3.05, 3.63) is 48.0 Å². The molecule has 4 N–H and O–H groups in total. The van der Waals surface area contributed by atoms with Gasteiger partial charge in [0, 0.05) is 11.8 Å². The van der Waals surface area contributed by atoms with Gasteiger partial charge in [0.1, 0.15) is 6.04 Å². The molecule has 1 aliphatic rings. The number of primary amides is 1. The number of ketones is 1. The minimum atomic E-state index is -1.34. The Kier molecular flexibility index (Phi) is 7.76. The summed E-state index contributed by atoms with van der Waals surface area (Å²) in [6.07, 6.45) is 0.456. The number of esters is 1. The molecule has 2 aromatic carbocycles. The molecule has 2 aromatic rings. The maximum absolute atomic E-state index is 12.5. The summed E-state index contributed by atoms with van der Waals surface area (Å²) in [4.78, 5) is 59.9. The highest BCUT2D eigenvalue weighted by molar-refractivity contribution is 5.95. The van der Waals surface area contributed by atoms with Crippen molar-refractivity contribution >= 4 is 40.3 Å². The number of hydrogen-bond donors (Lipinski definition) is 3. The lowest BCUT2D eigenvalue weighted by atomic mass is 10.0. The van der Waals surface area contributed by atoms with Gasteiger partial charge in [-0.1, -0.05) is 42.5 Å². The van der Waals surface area contributed by atoms with Gasteiger partial charge in [-0.15, -0.1) is 0 Å². The number of benzene rings is 2. The van der Waals surface area contributed by atoms with Gasteiger partial charge in [-0.2, -0.15) is 0 Å². The Morgan fingerprint density at radius 2 is 1.73 bits per heavy atom. The summed E-state index contributed by atoms with van der Waals surface area (Å²) in [7, 11) is 0. The second-order valence-corrected chi connectivity index (χ2v) is 8.21. The van der Waals surface area contributed by atoms with Gasteiger partial charge < -0.3 is 20.9 Å². The lowest BCUT2D eigenvalue weighted by molar-refractivity contribution is -0.148. The molecular formula is C24H26N2O7. The molecule has 33 heavy (non-hydrogen) atoms. The van der Waals surface area contributed by atoms with Gasteiger partial charge in [0.25, 0.3) is 0 Å². The minimum Gasteiger partial charge on any atom is -0.481 e. The van der Waals surface area contributed by atoms with E-state index in [2.05, 4.69) is 5.32 Å². The molecule has 0 aromatic heterocycles. The van der Waals surface area contributed by atoms with E-state index >= 15 is 0 Å². The molecule has 0 heterocycles. The fourth-order valence-electron chi connectivity index (χ4n) is 4.09. The molecule has 9 heteroatoms. The second kappa shape index (κ2) is 10.7. The van der Waals surface area contributed by atoms with Gasteiger partial charge in [0.15, 0.2) is 12.4 Å². The molecule has 9 nitrogen and oxygen atoms in total. The van der Waals surface area contributed by atoms with Crippen LogP contribution in [0.15, 0.2) is 42.5 Å². The monoisotopic (exact) mass is 454 g/mol. The van der Waals surface area contributed by atoms with Crippen molar-refractivity contribution in [3.63, 3.8) is 0 Å². The first kappa shape index (κ1) is 23.9. The first-order chi connectivity index (χ1) is 15.7. The van der Waals surface area contributed by atoms with Crippen molar-refractivity contribution in [2.24, 2.45) is 17.6 Å². The zero-order valence-corrected chi connectivity index (χ0v) is 18.0. The van der Waals surface area contributed by atoms with Crippen LogP contribution in [-0.4, -0.2) is 47.3 Å². The van der Waals surface area contributed by atoms with Crippen molar-refractivity contribution in [2.75, 3.05) is 6.61 Å². The fraction of sp³-hybridized carbons (Fsp3) is 0.375. The van der Waals surface area contributed by atoms with Crippen LogP contribution in [0.3, 0.4) is 0 Å². The predicted molar refractivity (Wildman–Crippen MR) is 118 cm³/mol. The Morgan fingerprint density at radius 1 is 1.03 bits per heavy atom. The number of aliphatic carboxylic acids is 1. The Morgan fingerprint density at radius 3 is 2.42 bits per heavy atom. The van der Waals surface area contributed by atoms with Crippen molar-refractivity contribution < 1.29 is 33.8 Å². The molecule has 0 radical (unpaired) electrons. The molecule has 1 unspecified atom stereocenters. The Bertz CT molecular complexity index is 1080. The average Bonchev–Trinajstić information content (AvgIpc) is 3.28. The number of amides is 2. The molecule has 3 atom stereocenters. The summed E-state index contributed by atoms with van der Waals surface area (Å²) in [5.41, 5.74) is 6.02. The normalized spacial score (nSPS) is 18.4. The molecule has 0 spiro atoms. The average molecular weight is 454 g/mol. The quantitative estimate of drug-likeness (QED) is 0.458. The molecule has 1 saturated carbocycles. The number of hydrogen-bond acceptors (Lipinski definition) is 6. The number of nitrogens with two attached hydrogens (primary N) is 1. The van der Waals surface area contributed by atoms with Gasteiger partial charge in [0.2, 0.25) is 11.8 Å². The number of Topliss-reactive ketones (excluding diaryl/α,β-unsaturated/α-hetero) is 1. The van der Waals surface area contributed by atoms with Crippen molar-refractivity contribution in [2.45, 2.75) is 38.1 Å². The van der Waals surface area contributed by atoms with E-state index in [0.717, 1.165) is 16.3 Å². The smallest absolute Gasteiger partial charge is 0.310 e. The molecule has 2 amide bonds. The van der Waals surface area contributed by atoms with E-state index in [1.54, 1.807) is 6.07 Å². The molecule has 3 rings (SSSR count). The van der Waals surface area contributed by atoms with E-state index in [1.165, 1.54) is 0 Å². The molecule has 174 valence electrons. The second-order valence-electron chi connectivity index (χ2n) is 8.21. The number of carboxylic acids is 1. The van der Waals surface area contributed by atoms with E-state index in [1.807, 2.05) is 36.4 Å². The van der Waals surface area contributed by atoms with Crippen LogP contribution in [0.25, 0.3) is 10.8 Å². The van der Waals surface area contributed by atoms with Crippen LogP contribution < -0.4 is 11.1 Å². The summed E-state index contributed by atoms with van der Waals surface area (Å²) in [5, 5.41) is 13.4. The van der Waals surface area contributed by atoms with E-state index in [9.17, 15) is 24.0 Å². The molecule has 1 aliphatic carbocycles. The highest BCUT2D eigenvalue weighted by Crippen LogP contribution is 2.30. The number of carboxylic acid groups (broad SMARTS) is 1. The van der Waals surface area contributed by atoms with E-state index in [4.69, 9.17) is 15.6 Å². The number of carbonyl (C=O) groups excluding carboxylic acids is 4. The van der Waals surface area contributed by atoms with Crippen LogP contribution in [0.5, 0.6) is 0 Å². The third kappa shape index (κ3) is 6.38. The third-order valence-corrected chi connectivity index (χ3v) is 5.88. The largest absolute Gasteiger partial charge is 0.481 e. The number of ether oxygens (including phenoxy) is 1. The lowest BCUT2D eigenvalue weighted by Crippen LogP contribution is -2.46. The molecule has 1 fully saturated rings. The van der Waals surface area contributed by atoms with Gasteiger partial charge in [-0.25, -0.2) is 0 Å². The summed E-state index contributed by atoms with van der Waals surface area (Å²) in [6.45, 7) is -0.656. The molecule has 0 aliphatic heterocycles. The van der Waals surface area contributed by atoms with E-state index in [-0.39, 0.29) is 12.8 Å². The van der Waals surface area contributed by atoms with Crippen molar-refractivity contribution in [3.8, 4) is 0 Å². The van der Waals surface area contributed by atoms with Gasteiger partial charge in [-0.05, 0) is 35.6 Å². The van der Waals surface area contributed by atoms with Crippen molar-refractivity contribution in [1.82, 2.24) is 5.32 Å². The summed E-state index contributed by atoms with van der Waals surface area (Å²) in [6, 6.07) is 11.7. The standard InChI is InChI=1S/C24H26N2O7/c25-23(31)16-8-9-17(10-16)24(32)26-19(12-21(28)29)20(27)13-33-22(30)11-15-6-3-5-14-4-1-2-7-18(14)15/h1-7,16-17,19H,8-13H2,(H2,25,31)(H,26,32)(H,28,29)/t16-,17-,19?/m1/s1. The highest BCUT2D eigenvalue weighted by Gasteiger charge is 2.35. The van der Waals surface area contributed by atoms with Crippen LogP contribution in [0.2, 0.25) is 0 Å². The Balaban J connectivity index is 1.57. The number of carbonyl (C=O) groups is 5. The Labute approximate surface area is 190 Å². The topological polar surface area (TPSA) is 153 Å². The SMILES string of the molecule is NC(=O)[C@@H]1CC[C@@H](C(=O)NC(CC(=O)O)C(=O)COC(=O)Cc2cccc3ccccc23)C1. The molecular weight excluding hydrogens is 428 g/mol. The zero-order valence-electron chi connectivity index (χ0n) is 18.0. The highest BCUT2D eigenvalue weighted by atomic mass is 16.5. The van der Waals surface area contributed by atoms with Crippen LogP contribution in [-0.2, 0) is 35.1 Å². The number of fused-ring (bicyclic) bond motifs is 1. The van der Waals surface area contributed by atoms with E-state index in [0.29, 0.717) is 12.8 Å². The molecule has 0 bridgehead atoms. The van der Waals surface area contributed by atoms with Gasteiger partial charge >= 0.3 is 11.9 Å². The summed E-state index contributed by atoms with van der Waals surface area (Å²) in [5.74, 6) is -4.58. The predicted octanol–water partition coefficient (Wildman–Crippen LogP) is 1.36. The van der Waals surface area contributed by atoms with E-state index < -0.39 is 60.4 Å². The zero-order chi connectivity index (χ0) is 24.0. The summed E-state index contributed by atoms with van der Waals surface area (Å²) >= 11 is 0. The maximum Gasteiger partial charge on any atom is 0.310 e. The Hall–Kier alpha value is -3.75. The number of rotatable bonds is 10. The van der Waals surface area contributed by atoms with Crippen molar-refractivity contribution in [1.29, 1.82) is 0 Å². The first-order valence-electron chi connectivity index (χ1n) is 10.7. The summed E-state index contributed by atoms with van der Waals surface area (Å²) < 4.78 is 5.08. The lowest BCUT2D eigenvalue weighted by Gasteiger charge is -2.18. The molecule has 0 saturated heterocycles. The minimum absolute atomic E-state index is 0.0544. The van der Waals surface area contributed by atoms with Crippen LogP contribution in [0.4, 0.5) is 0 Å². The third-order valence-electron chi connectivity index (χ3n) is 5.88. The fourth-order valence-corrected chi connectivity index (χ4v) is 4.09. The first-order valence-corrected chi connectivity index (χ1v) is 10.7. The van der Waals surface area contributed by atoms with Crippen LogP contribution in [0.1, 0.15) is 31.2 Å². The maximum atomic E-state index is 12.5. The number of nitrogens with one attached hydrogen (secondary N) is 1. The van der Waals surface area contributed by atoms with Crippen LogP contribution >= 0.6 is 0 Å².